The molecule has 0 spiro atoms. The van der Waals surface area contributed by atoms with Crippen LogP contribution in [0.25, 0.3) is 11.2 Å². The number of nitrogens with zero attached hydrogens (tertiary/aromatic N) is 4. The summed E-state index contributed by atoms with van der Waals surface area (Å²) in [4.78, 5) is 17.4. The fourth-order valence-corrected chi connectivity index (χ4v) is 5.51. The number of nitrogens with two attached hydrogens (primary N) is 1. The van der Waals surface area contributed by atoms with Crippen LogP contribution in [-0.2, 0) is 20.5 Å². The van der Waals surface area contributed by atoms with Crippen molar-refractivity contribution in [3.05, 3.63) is 24.8 Å². The Morgan fingerprint density at radius 1 is 1.33 bits per heavy atom. The molecule has 0 aromatic carbocycles. The van der Waals surface area contributed by atoms with Crippen LogP contribution >= 0.6 is 0 Å². The lowest BCUT2D eigenvalue weighted by atomic mass is 10.1. The van der Waals surface area contributed by atoms with E-state index in [2.05, 4.69) is 33.2 Å². The topological polar surface area (TPSA) is 156 Å². The lowest BCUT2D eigenvalue weighted by Gasteiger charge is -2.17. The number of imidazole rings is 1. The van der Waals surface area contributed by atoms with E-state index in [9.17, 15) is 10.2 Å². The lowest BCUT2D eigenvalue weighted by Crippen LogP contribution is -2.52. The zero-order valence-corrected chi connectivity index (χ0v) is 15.7. The van der Waals surface area contributed by atoms with E-state index in [1.54, 1.807) is 4.57 Å². The Bertz CT molecular complexity index is 847. The van der Waals surface area contributed by atoms with Crippen molar-refractivity contribution in [1.29, 1.82) is 0 Å². The van der Waals surface area contributed by atoms with E-state index in [-0.39, 0.29) is 22.8 Å². The van der Waals surface area contributed by atoms with E-state index in [0.29, 0.717) is 22.2 Å². The molecule has 0 radical (unpaired) electrons. The summed E-state index contributed by atoms with van der Waals surface area (Å²) in [6, 6.07) is 0. The molecule has 11 heteroatoms. The second-order valence-corrected chi connectivity index (χ2v) is 9.17. The first-order valence-electron chi connectivity index (χ1n) is 8.64. The molecule has 10 nitrogen and oxygen atoms in total. The van der Waals surface area contributed by atoms with Crippen LogP contribution in [0.5, 0.6) is 0 Å². The second-order valence-electron chi connectivity index (χ2n) is 6.85. The molecule has 4 rings (SSSR count). The minimum absolute atomic E-state index is 0.0418. The predicted octanol–water partition coefficient (Wildman–Crippen LogP) is -1.85. The highest BCUT2D eigenvalue weighted by Gasteiger charge is 2.48. The van der Waals surface area contributed by atoms with Gasteiger partial charge in [0, 0.05) is 6.42 Å². The fourth-order valence-electron chi connectivity index (χ4n) is 3.59. The standard InChI is InChI=1S/C16H24N6O4S/c1-27(9-3-2-8(4-9)26-18)5-10-12(23)13(24)16(25-10)22-7-21-11-14(17)19-6-20-15(11)22/h2-3,6-10,12-13,16,23-24H,4-5H2,1,18H3,(H2,17,19,20)/q+2/t8-,9-,10+,12+,13+,16+,27?/m0/s1. The Balaban J connectivity index is 1.49. The van der Waals surface area contributed by atoms with Crippen molar-refractivity contribution in [3.63, 3.8) is 0 Å². The van der Waals surface area contributed by atoms with Gasteiger partial charge in [0.1, 0.15) is 47.3 Å². The maximum atomic E-state index is 10.5. The highest BCUT2D eigenvalue weighted by atomic mass is 32.2. The van der Waals surface area contributed by atoms with Gasteiger partial charge in [-0.3, -0.25) is 4.57 Å². The zero-order valence-electron chi connectivity index (χ0n) is 14.9. The van der Waals surface area contributed by atoms with Crippen molar-refractivity contribution in [3.8, 4) is 0 Å². The summed E-state index contributed by atoms with van der Waals surface area (Å²) in [5, 5.41) is 21.4. The third-order valence-corrected chi connectivity index (χ3v) is 7.40. The SMILES string of the molecule is C[S+](C[C@H]1O[C@@H](n2cnc3c(N)ncnc32)[C@H](O)[C@@H]1O)[C@H]1C=C[C@H](O[NH3+])C1. The average Bonchev–Trinajstić information content (AvgIpc) is 3.36. The molecular formula is C16H24N6O4S+2. The molecule has 0 saturated carbocycles. The van der Waals surface area contributed by atoms with Crippen LogP contribution in [0.3, 0.4) is 0 Å². The summed E-state index contributed by atoms with van der Waals surface area (Å²) >= 11 is 0. The van der Waals surface area contributed by atoms with Crippen molar-refractivity contribution in [2.24, 2.45) is 0 Å². The number of rotatable bonds is 5. The maximum Gasteiger partial charge on any atom is 0.167 e. The van der Waals surface area contributed by atoms with Gasteiger partial charge in [-0.25, -0.2) is 25.7 Å². The van der Waals surface area contributed by atoms with Gasteiger partial charge in [-0.2, -0.15) is 0 Å². The smallest absolute Gasteiger partial charge is 0.167 e. The summed E-state index contributed by atoms with van der Waals surface area (Å²) in [5.41, 5.74) is 6.72. The van der Waals surface area contributed by atoms with Crippen molar-refractivity contribution < 1.29 is 25.7 Å². The molecule has 1 saturated heterocycles. The summed E-state index contributed by atoms with van der Waals surface area (Å²) in [5.74, 6) is 4.38. The normalized spacial score (nSPS) is 34.5. The number of aliphatic hydroxyl groups excluding tert-OH is 2. The van der Waals surface area contributed by atoms with E-state index >= 15 is 0 Å². The van der Waals surface area contributed by atoms with Crippen molar-refractivity contribution in [1.82, 2.24) is 19.5 Å². The molecule has 1 fully saturated rings. The molecule has 1 unspecified atom stereocenters. The number of ether oxygens (including phenoxy) is 1. The van der Waals surface area contributed by atoms with Gasteiger partial charge < -0.3 is 20.7 Å². The summed E-state index contributed by atoms with van der Waals surface area (Å²) in [6.45, 7) is 0. The van der Waals surface area contributed by atoms with Gasteiger partial charge in [-0.15, -0.1) is 0 Å². The first-order valence-corrected chi connectivity index (χ1v) is 10.5. The van der Waals surface area contributed by atoms with E-state index < -0.39 is 24.5 Å². The molecule has 3 heterocycles. The number of hydrogen-bond donors (Lipinski definition) is 4. The number of nitrogen functional groups attached to an aromatic ring is 1. The molecule has 2 aliphatic rings. The van der Waals surface area contributed by atoms with Crippen molar-refractivity contribution in [2.45, 2.75) is 42.3 Å². The highest BCUT2D eigenvalue weighted by Crippen LogP contribution is 2.33. The Morgan fingerprint density at radius 3 is 2.89 bits per heavy atom. The van der Waals surface area contributed by atoms with Gasteiger partial charge in [-0.1, -0.05) is 0 Å². The largest absolute Gasteiger partial charge is 0.387 e. The van der Waals surface area contributed by atoms with Crippen LogP contribution in [0.1, 0.15) is 12.6 Å². The Hall–Kier alpha value is -1.76. The third-order valence-electron chi connectivity index (χ3n) is 5.16. The van der Waals surface area contributed by atoms with Crippen LogP contribution in [0.15, 0.2) is 24.8 Å². The van der Waals surface area contributed by atoms with E-state index in [1.807, 2.05) is 6.08 Å². The molecule has 2 aromatic rings. The molecule has 1 aliphatic carbocycles. The van der Waals surface area contributed by atoms with E-state index in [1.165, 1.54) is 12.7 Å². The van der Waals surface area contributed by atoms with Gasteiger partial charge in [0.2, 0.25) is 0 Å². The van der Waals surface area contributed by atoms with E-state index in [0.717, 1.165) is 6.42 Å². The van der Waals surface area contributed by atoms with Crippen LogP contribution in [0, 0.1) is 0 Å². The number of fused-ring (bicyclic) bond motifs is 1. The van der Waals surface area contributed by atoms with Gasteiger partial charge >= 0.3 is 0 Å². The van der Waals surface area contributed by atoms with Crippen LogP contribution in [-0.4, -0.2) is 71.4 Å². The molecule has 1 aliphatic heterocycles. The van der Waals surface area contributed by atoms with Gasteiger partial charge in [0.05, 0.1) is 12.6 Å². The van der Waals surface area contributed by atoms with Crippen molar-refractivity contribution in [2.75, 3.05) is 17.7 Å². The quantitative estimate of drug-likeness (QED) is 0.261. The summed E-state index contributed by atoms with van der Waals surface area (Å²) in [7, 11) is -0.0468. The minimum Gasteiger partial charge on any atom is -0.387 e. The first kappa shape index (κ1) is 18.6. The molecule has 0 amide bonds. The van der Waals surface area contributed by atoms with Crippen LogP contribution < -0.4 is 11.6 Å². The number of aliphatic hydroxyl groups is 2. The summed E-state index contributed by atoms with van der Waals surface area (Å²) in [6.07, 6.45) is 6.70. The predicted molar refractivity (Wildman–Crippen MR) is 99.1 cm³/mol. The number of hydrogen-bond acceptors (Lipinski definition) is 8. The molecule has 146 valence electrons. The molecule has 7 atom stereocenters. The van der Waals surface area contributed by atoms with Gasteiger partial charge in [0.25, 0.3) is 0 Å². The van der Waals surface area contributed by atoms with Gasteiger partial charge in [0.15, 0.2) is 17.7 Å². The Morgan fingerprint density at radius 2 is 2.15 bits per heavy atom. The van der Waals surface area contributed by atoms with Crippen molar-refractivity contribution >= 4 is 27.9 Å². The molecule has 7 N–H and O–H groups in total. The van der Waals surface area contributed by atoms with E-state index in [4.69, 9.17) is 15.3 Å². The minimum atomic E-state index is -1.09. The number of quaternary nitrogens is 1. The number of aromatic nitrogens is 4. The van der Waals surface area contributed by atoms with Crippen LogP contribution in [0.2, 0.25) is 0 Å². The fraction of sp³-hybridized carbons (Fsp3) is 0.562. The van der Waals surface area contributed by atoms with Gasteiger partial charge in [-0.05, 0) is 23.0 Å². The molecule has 2 aromatic heterocycles. The molecule has 27 heavy (non-hydrogen) atoms. The highest BCUT2D eigenvalue weighted by molar-refractivity contribution is 7.97. The second kappa shape index (κ2) is 7.34. The average molecular weight is 396 g/mol. The summed E-state index contributed by atoms with van der Waals surface area (Å²) < 4.78 is 7.62. The molecular weight excluding hydrogens is 372 g/mol. The first-order chi connectivity index (χ1) is 13.0. The third kappa shape index (κ3) is 3.30. The zero-order chi connectivity index (χ0) is 19.1. The Kier molecular flexibility index (Phi) is 5.05. The number of anilines is 1. The Labute approximate surface area is 158 Å². The maximum absolute atomic E-state index is 10.5. The molecule has 0 bridgehead atoms. The monoisotopic (exact) mass is 396 g/mol. The van der Waals surface area contributed by atoms with Crippen LogP contribution in [0.4, 0.5) is 5.82 Å². The lowest BCUT2D eigenvalue weighted by molar-refractivity contribution is -0.698.